The molecule has 1 aliphatic rings. The largest absolute Gasteiger partial charge is 0.351 e. The lowest BCUT2D eigenvalue weighted by molar-refractivity contribution is -0.121. The van der Waals surface area contributed by atoms with Crippen LogP contribution in [0.3, 0.4) is 0 Å². The van der Waals surface area contributed by atoms with Gasteiger partial charge in [0.2, 0.25) is 0 Å². The van der Waals surface area contributed by atoms with Crippen molar-refractivity contribution in [1.82, 2.24) is 9.47 Å². The molecule has 1 aromatic heterocycles. The monoisotopic (exact) mass is 361 g/mol. The zero-order valence-electron chi connectivity index (χ0n) is 14.4. The van der Waals surface area contributed by atoms with E-state index in [2.05, 4.69) is 4.99 Å². The molecule has 2 heterocycles. The Morgan fingerprint density at radius 3 is 2.37 bits per heavy atom. The molecule has 0 spiro atoms. The average molecular weight is 361 g/mol. The van der Waals surface area contributed by atoms with Crippen molar-refractivity contribution in [2.75, 3.05) is 0 Å². The van der Waals surface area contributed by atoms with E-state index in [1.165, 1.54) is 12.1 Å². The molecule has 27 heavy (non-hydrogen) atoms. The number of hydrogen-bond acceptors (Lipinski definition) is 2. The number of imide groups is 1. The summed E-state index contributed by atoms with van der Waals surface area (Å²) >= 11 is 0. The third kappa shape index (κ3) is 3.42. The van der Waals surface area contributed by atoms with Gasteiger partial charge in [0.25, 0.3) is 5.91 Å². The number of nitrogens with zero attached hydrogens (tertiary/aromatic N) is 3. The average Bonchev–Trinajstić information content (AvgIpc) is 3.24. The van der Waals surface area contributed by atoms with Crippen LogP contribution in [0.1, 0.15) is 11.3 Å². The lowest BCUT2D eigenvalue weighted by Crippen LogP contribution is -2.32. The fourth-order valence-electron chi connectivity index (χ4n) is 3.07. The van der Waals surface area contributed by atoms with Crippen molar-refractivity contribution in [2.45, 2.75) is 13.0 Å². The first-order valence-electron chi connectivity index (χ1n) is 8.51. The van der Waals surface area contributed by atoms with Gasteiger partial charge >= 0.3 is 6.03 Å². The Labute approximate surface area is 155 Å². The predicted octanol–water partition coefficient (Wildman–Crippen LogP) is 3.76. The number of rotatable bonds is 5. The van der Waals surface area contributed by atoms with Gasteiger partial charge in [0.1, 0.15) is 11.5 Å². The Balaban J connectivity index is 1.53. The van der Waals surface area contributed by atoms with Gasteiger partial charge in [0.05, 0.1) is 6.54 Å². The molecule has 0 unspecified atom stereocenters. The van der Waals surface area contributed by atoms with Crippen LogP contribution in [0.4, 0.5) is 9.18 Å². The van der Waals surface area contributed by atoms with E-state index in [4.69, 9.17) is 0 Å². The fraction of sp³-hybridized carbons (Fsp3) is 0.0952. The van der Waals surface area contributed by atoms with Crippen molar-refractivity contribution in [3.05, 3.63) is 90.0 Å². The summed E-state index contributed by atoms with van der Waals surface area (Å²) in [6.07, 6.45) is 2.05. The minimum atomic E-state index is -0.543. The van der Waals surface area contributed by atoms with Crippen LogP contribution < -0.4 is 0 Å². The zero-order valence-corrected chi connectivity index (χ0v) is 14.4. The van der Waals surface area contributed by atoms with Crippen LogP contribution in [-0.4, -0.2) is 27.1 Å². The number of benzene rings is 2. The highest BCUT2D eigenvalue weighted by atomic mass is 19.1. The number of amides is 3. The summed E-state index contributed by atoms with van der Waals surface area (Å²) < 4.78 is 15.0. The maximum atomic E-state index is 13.2. The third-order valence-electron chi connectivity index (χ3n) is 4.42. The number of carbonyl (C=O) groups excluding carboxylic acids is 2. The van der Waals surface area contributed by atoms with Crippen molar-refractivity contribution in [3.63, 3.8) is 0 Å². The highest BCUT2D eigenvalue weighted by molar-refractivity contribution is 6.46. The van der Waals surface area contributed by atoms with Gasteiger partial charge in [-0.3, -0.25) is 9.69 Å². The van der Waals surface area contributed by atoms with Crippen LogP contribution in [0.15, 0.2) is 77.9 Å². The lowest BCUT2D eigenvalue weighted by atomic mass is 10.1. The Hall–Kier alpha value is -3.54. The summed E-state index contributed by atoms with van der Waals surface area (Å²) in [5.74, 6) is -0.694. The molecule has 0 atom stereocenters. The molecule has 2 aromatic carbocycles. The first-order valence-corrected chi connectivity index (χ1v) is 8.51. The van der Waals surface area contributed by atoms with Crippen LogP contribution in [0.5, 0.6) is 0 Å². The standard InChI is InChI=1S/C21H16FN3O2/c22-16-8-10-17(11-9-16)24-12-4-7-18(24)13-19-20(26)25(21(27)23-19)14-15-5-2-1-3-6-15/h1-12H,13-14H2. The van der Waals surface area contributed by atoms with Gasteiger partial charge in [-0.25, -0.2) is 9.18 Å². The van der Waals surface area contributed by atoms with E-state index < -0.39 is 6.03 Å². The Bertz CT molecular complexity index is 1020. The van der Waals surface area contributed by atoms with Gasteiger partial charge in [-0.1, -0.05) is 30.3 Å². The summed E-state index contributed by atoms with van der Waals surface area (Å²) in [4.78, 5) is 29.9. The highest BCUT2D eigenvalue weighted by Gasteiger charge is 2.33. The maximum Gasteiger partial charge on any atom is 0.351 e. The predicted molar refractivity (Wildman–Crippen MR) is 99.3 cm³/mol. The summed E-state index contributed by atoms with van der Waals surface area (Å²) in [6.45, 7) is 0.199. The molecule has 0 fully saturated rings. The molecule has 0 radical (unpaired) electrons. The molecule has 4 rings (SSSR count). The van der Waals surface area contributed by atoms with Crippen LogP contribution in [0.25, 0.3) is 5.69 Å². The van der Waals surface area contributed by atoms with Crippen LogP contribution in [-0.2, 0) is 17.8 Å². The quantitative estimate of drug-likeness (QED) is 0.695. The fourth-order valence-corrected chi connectivity index (χ4v) is 3.07. The molecule has 0 aliphatic carbocycles. The van der Waals surface area contributed by atoms with E-state index in [1.807, 2.05) is 53.2 Å². The number of aliphatic imine (C=N–C) groups is 1. The molecular formula is C21H16FN3O2. The number of hydrogen-bond donors (Lipinski definition) is 0. The smallest absolute Gasteiger partial charge is 0.321 e. The number of aromatic nitrogens is 1. The molecule has 5 nitrogen and oxygen atoms in total. The lowest BCUT2D eigenvalue weighted by Gasteiger charge is -2.13. The van der Waals surface area contributed by atoms with Gasteiger partial charge in [-0.2, -0.15) is 4.99 Å². The third-order valence-corrected chi connectivity index (χ3v) is 4.42. The topological polar surface area (TPSA) is 54.7 Å². The molecule has 0 N–H and O–H groups in total. The molecule has 6 heteroatoms. The number of halogens is 1. The van der Waals surface area contributed by atoms with Gasteiger partial charge in [-0.05, 0) is 42.0 Å². The SMILES string of the molecule is O=C1N=C(Cc2cccn2-c2ccc(F)cc2)C(=O)N1Cc1ccccc1. The first kappa shape index (κ1) is 16.9. The second kappa shape index (κ2) is 6.99. The summed E-state index contributed by atoms with van der Waals surface area (Å²) in [5, 5.41) is 0. The summed E-state index contributed by atoms with van der Waals surface area (Å²) in [5.41, 5.74) is 2.64. The van der Waals surface area contributed by atoms with E-state index in [0.29, 0.717) is 0 Å². The molecule has 3 amide bonds. The van der Waals surface area contributed by atoms with E-state index in [-0.39, 0.29) is 30.4 Å². The normalized spacial score (nSPS) is 14.0. The van der Waals surface area contributed by atoms with Crippen molar-refractivity contribution >= 4 is 17.6 Å². The minimum Gasteiger partial charge on any atom is -0.321 e. The van der Waals surface area contributed by atoms with Gasteiger partial charge < -0.3 is 4.57 Å². The van der Waals surface area contributed by atoms with Crippen LogP contribution in [0.2, 0.25) is 0 Å². The first-order chi connectivity index (χ1) is 13.1. The number of urea groups is 1. The Morgan fingerprint density at radius 2 is 1.63 bits per heavy atom. The van der Waals surface area contributed by atoms with E-state index in [0.717, 1.165) is 21.8 Å². The van der Waals surface area contributed by atoms with Crippen LogP contribution in [0, 0.1) is 5.82 Å². The second-order valence-electron chi connectivity index (χ2n) is 6.24. The maximum absolute atomic E-state index is 13.2. The highest BCUT2D eigenvalue weighted by Crippen LogP contribution is 2.18. The van der Waals surface area contributed by atoms with Gasteiger partial charge in [0.15, 0.2) is 0 Å². The Kier molecular flexibility index (Phi) is 4.38. The van der Waals surface area contributed by atoms with E-state index >= 15 is 0 Å². The summed E-state index contributed by atoms with van der Waals surface area (Å²) in [7, 11) is 0. The number of carbonyl (C=O) groups is 2. The molecule has 134 valence electrons. The summed E-state index contributed by atoms with van der Waals surface area (Å²) in [6, 6.07) is 18.5. The van der Waals surface area contributed by atoms with Crippen molar-refractivity contribution in [1.29, 1.82) is 0 Å². The molecule has 0 saturated heterocycles. The molecule has 0 bridgehead atoms. The molecule has 0 saturated carbocycles. The van der Waals surface area contributed by atoms with Gasteiger partial charge in [-0.15, -0.1) is 0 Å². The molecular weight excluding hydrogens is 345 g/mol. The van der Waals surface area contributed by atoms with E-state index in [9.17, 15) is 14.0 Å². The van der Waals surface area contributed by atoms with Crippen molar-refractivity contribution < 1.29 is 14.0 Å². The van der Waals surface area contributed by atoms with E-state index in [1.54, 1.807) is 12.1 Å². The van der Waals surface area contributed by atoms with Gasteiger partial charge in [0, 0.05) is 24.0 Å². The Morgan fingerprint density at radius 1 is 0.889 bits per heavy atom. The molecule has 3 aromatic rings. The minimum absolute atomic E-state index is 0.199. The van der Waals surface area contributed by atoms with Crippen molar-refractivity contribution in [3.8, 4) is 5.69 Å². The molecule has 1 aliphatic heterocycles. The zero-order chi connectivity index (χ0) is 18.8. The second-order valence-corrected chi connectivity index (χ2v) is 6.24. The van der Waals surface area contributed by atoms with Crippen LogP contribution >= 0.6 is 0 Å². The van der Waals surface area contributed by atoms with Crippen molar-refractivity contribution in [2.24, 2.45) is 4.99 Å².